The summed E-state index contributed by atoms with van der Waals surface area (Å²) in [6.45, 7) is 3.20. The van der Waals surface area contributed by atoms with Gasteiger partial charge >= 0.3 is 0 Å². The largest absolute Gasteiger partial charge is 0.497 e. The van der Waals surface area contributed by atoms with Gasteiger partial charge in [0.1, 0.15) is 5.75 Å². The van der Waals surface area contributed by atoms with Gasteiger partial charge in [-0.3, -0.25) is 10.2 Å². The molecule has 7 heteroatoms. The molecule has 2 aromatic rings. The molecule has 2 aliphatic rings. The van der Waals surface area contributed by atoms with Gasteiger partial charge in [0.15, 0.2) is 0 Å². The number of aliphatic hydroxyl groups is 1. The lowest BCUT2D eigenvalue weighted by molar-refractivity contribution is -0.137. The van der Waals surface area contributed by atoms with E-state index in [9.17, 15) is 9.90 Å². The molecule has 0 radical (unpaired) electrons. The Bertz CT molecular complexity index is 895. The van der Waals surface area contributed by atoms with Crippen LogP contribution < -0.4 is 15.6 Å². The minimum atomic E-state index is -0.906. The molecule has 0 spiro atoms. The number of carbonyl (C=O) groups is 1. The van der Waals surface area contributed by atoms with Crippen LogP contribution in [0.15, 0.2) is 48.5 Å². The fourth-order valence-corrected chi connectivity index (χ4v) is 4.79. The van der Waals surface area contributed by atoms with Crippen LogP contribution in [0.4, 0.5) is 0 Å². The van der Waals surface area contributed by atoms with Crippen molar-refractivity contribution in [3.05, 3.63) is 64.7 Å². The van der Waals surface area contributed by atoms with E-state index in [-0.39, 0.29) is 23.9 Å². The number of halogens is 1. The molecular formula is C24H30ClN3O3. The number of likely N-dealkylation sites (tertiary alicyclic amines) is 1. The van der Waals surface area contributed by atoms with E-state index in [2.05, 4.69) is 17.8 Å². The van der Waals surface area contributed by atoms with Gasteiger partial charge in [-0.15, -0.1) is 0 Å². The third-order valence-electron chi connectivity index (χ3n) is 6.75. The van der Waals surface area contributed by atoms with Crippen LogP contribution in [0.5, 0.6) is 5.75 Å². The zero-order valence-corrected chi connectivity index (χ0v) is 18.7. The molecule has 0 aliphatic carbocycles. The van der Waals surface area contributed by atoms with Crippen molar-refractivity contribution in [2.75, 3.05) is 20.2 Å². The molecule has 3 N–H and O–H groups in total. The SMILES string of the molecule is COc1ccc(C2NNC(C)C2CC(=O)N2CCC(O)(c3ccc(Cl)cc3)CC2)cc1. The molecule has 0 bridgehead atoms. The molecule has 6 nitrogen and oxygen atoms in total. The first-order chi connectivity index (χ1) is 14.9. The summed E-state index contributed by atoms with van der Waals surface area (Å²) >= 11 is 5.97. The number of nitrogens with zero attached hydrogens (tertiary/aromatic N) is 1. The minimum absolute atomic E-state index is 0.0562. The number of carbonyl (C=O) groups excluding carboxylic acids is 1. The maximum atomic E-state index is 13.1. The molecule has 2 heterocycles. The van der Waals surface area contributed by atoms with E-state index in [0.29, 0.717) is 37.4 Å². The fraction of sp³-hybridized carbons (Fsp3) is 0.458. The van der Waals surface area contributed by atoms with Crippen LogP contribution in [-0.4, -0.2) is 42.2 Å². The Morgan fingerprint density at radius 1 is 1.13 bits per heavy atom. The molecular weight excluding hydrogens is 414 g/mol. The summed E-state index contributed by atoms with van der Waals surface area (Å²) in [6.07, 6.45) is 1.51. The van der Waals surface area contributed by atoms with E-state index in [1.54, 1.807) is 19.2 Å². The van der Waals surface area contributed by atoms with Gasteiger partial charge in [-0.25, -0.2) is 5.43 Å². The van der Waals surface area contributed by atoms with Crippen molar-refractivity contribution in [3.63, 3.8) is 0 Å². The number of benzene rings is 2. The monoisotopic (exact) mass is 443 g/mol. The normalized spacial score (nSPS) is 25.4. The first kappa shape index (κ1) is 22.1. The molecule has 2 aromatic carbocycles. The molecule has 166 valence electrons. The highest BCUT2D eigenvalue weighted by molar-refractivity contribution is 6.30. The number of rotatable bonds is 5. The molecule has 0 saturated carbocycles. The number of ether oxygens (including phenoxy) is 1. The van der Waals surface area contributed by atoms with Gasteiger partial charge in [0, 0.05) is 36.5 Å². The smallest absolute Gasteiger partial charge is 0.222 e. The summed E-state index contributed by atoms with van der Waals surface area (Å²) in [4.78, 5) is 15.0. The van der Waals surface area contributed by atoms with Crippen LogP contribution in [0.3, 0.4) is 0 Å². The third kappa shape index (κ3) is 4.72. The van der Waals surface area contributed by atoms with Crippen LogP contribution in [-0.2, 0) is 10.4 Å². The molecule has 3 unspecified atom stereocenters. The second kappa shape index (κ2) is 9.17. The maximum absolute atomic E-state index is 13.1. The second-order valence-corrected chi connectivity index (χ2v) is 9.05. The van der Waals surface area contributed by atoms with Crippen LogP contribution in [0, 0.1) is 5.92 Å². The predicted molar refractivity (Wildman–Crippen MR) is 121 cm³/mol. The van der Waals surface area contributed by atoms with Gasteiger partial charge in [-0.1, -0.05) is 35.9 Å². The molecule has 4 rings (SSSR count). The Morgan fingerprint density at radius 2 is 1.77 bits per heavy atom. The summed E-state index contributed by atoms with van der Waals surface area (Å²) in [5.41, 5.74) is 7.72. The highest BCUT2D eigenvalue weighted by Gasteiger charge is 2.39. The number of hydrogen-bond acceptors (Lipinski definition) is 5. The van der Waals surface area contributed by atoms with Crippen LogP contribution >= 0.6 is 11.6 Å². The lowest BCUT2D eigenvalue weighted by atomic mass is 9.83. The number of methoxy groups -OCH3 is 1. The van der Waals surface area contributed by atoms with Gasteiger partial charge in [0.05, 0.1) is 18.8 Å². The Labute approximate surface area is 188 Å². The van der Waals surface area contributed by atoms with Gasteiger partial charge < -0.3 is 14.7 Å². The van der Waals surface area contributed by atoms with E-state index in [1.165, 1.54) is 0 Å². The molecule has 2 fully saturated rings. The summed E-state index contributed by atoms with van der Waals surface area (Å²) in [5, 5.41) is 11.7. The van der Waals surface area contributed by atoms with E-state index in [0.717, 1.165) is 16.9 Å². The summed E-state index contributed by atoms with van der Waals surface area (Å²) in [7, 11) is 1.65. The van der Waals surface area contributed by atoms with Crippen molar-refractivity contribution in [2.45, 2.75) is 43.9 Å². The molecule has 1 amide bonds. The third-order valence-corrected chi connectivity index (χ3v) is 7.00. The summed E-state index contributed by atoms with van der Waals surface area (Å²) in [5.74, 6) is 1.09. The number of hydrazine groups is 1. The number of amides is 1. The highest BCUT2D eigenvalue weighted by atomic mass is 35.5. The zero-order valence-electron chi connectivity index (χ0n) is 18.0. The highest BCUT2D eigenvalue weighted by Crippen LogP contribution is 2.36. The van der Waals surface area contributed by atoms with Gasteiger partial charge in [-0.2, -0.15) is 0 Å². The van der Waals surface area contributed by atoms with Gasteiger partial charge in [-0.05, 0) is 55.2 Å². The van der Waals surface area contributed by atoms with Crippen LogP contribution in [0.2, 0.25) is 5.02 Å². The Kier molecular flexibility index (Phi) is 6.53. The topological polar surface area (TPSA) is 73.8 Å². The standard InChI is InChI=1S/C24H30ClN3O3/c1-16-21(23(27-26-16)17-3-9-20(31-2)10-4-17)15-22(29)28-13-11-24(30,12-14-28)18-5-7-19(25)8-6-18/h3-10,16,21,23,26-27,30H,11-15H2,1-2H3. The van der Waals surface area contributed by atoms with E-state index in [4.69, 9.17) is 16.3 Å². The Morgan fingerprint density at radius 3 is 2.39 bits per heavy atom. The molecule has 2 saturated heterocycles. The Balaban J connectivity index is 1.38. The number of piperidine rings is 1. The van der Waals surface area contributed by atoms with E-state index in [1.807, 2.05) is 41.3 Å². The first-order valence-electron chi connectivity index (χ1n) is 10.8. The van der Waals surface area contributed by atoms with Crippen LogP contribution in [0.25, 0.3) is 0 Å². The zero-order chi connectivity index (χ0) is 22.0. The minimum Gasteiger partial charge on any atom is -0.497 e. The lowest BCUT2D eigenvalue weighted by Crippen LogP contribution is -2.46. The second-order valence-electron chi connectivity index (χ2n) is 8.62. The predicted octanol–water partition coefficient (Wildman–Crippen LogP) is 3.40. The van der Waals surface area contributed by atoms with Crippen molar-refractivity contribution in [2.24, 2.45) is 5.92 Å². The number of nitrogens with one attached hydrogen (secondary N) is 2. The van der Waals surface area contributed by atoms with Crippen molar-refractivity contribution in [1.29, 1.82) is 0 Å². The lowest BCUT2D eigenvalue weighted by Gasteiger charge is -2.39. The van der Waals surface area contributed by atoms with Crippen molar-refractivity contribution in [3.8, 4) is 5.75 Å². The Hall–Kier alpha value is -2.12. The van der Waals surface area contributed by atoms with Gasteiger partial charge in [0.25, 0.3) is 0 Å². The average molecular weight is 444 g/mol. The van der Waals surface area contributed by atoms with Crippen LogP contribution in [0.1, 0.15) is 43.4 Å². The van der Waals surface area contributed by atoms with Crippen molar-refractivity contribution < 1.29 is 14.6 Å². The number of hydrogen-bond donors (Lipinski definition) is 3. The van der Waals surface area contributed by atoms with Crippen molar-refractivity contribution >= 4 is 17.5 Å². The molecule has 3 atom stereocenters. The van der Waals surface area contributed by atoms with E-state index >= 15 is 0 Å². The van der Waals surface area contributed by atoms with E-state index < -0.39 is 5.60 Å². The quantitative estimate of drug-likeness (QED) is 0.660. The summed E-state index contributed by atoms with van der Waals surface area (Å²) in [6, 6.07) is 15.5. The fourth-order valence-electron chi connectivity index (χ4n) is 4.67. The van der Waals surface area contributed by atoms with Gasteiger partial charge in [0.2, 0.25) is 5.91 Å². The van der Waals surface area contributed by atoms with Crippen molar-refractivity contribution in [1.82, 2.24) is 15.8 Å². The molecule has 31 heavy (non-hydrogen) atoms. The summed E-state index contributed by atoms with van der Waals surface area (Å²) < 4.78 is 5.25. The average Bonchev–Trinajstić information content (AvgIpc) is 3.14. The molecule has 0 aromatic heterocycles. The first-order valence-corrected chi connectivity index (χ1v) is 11.2. The molecule has 2 aliphatic heterocycles. The maximum Gasteiger partial charge on any atom is 0.222 e.